The van der Waals surface area contributed by atoms with Crippen LogP contribution in [0.5, 0.6) is 23.0 Å². The van der Waals surface area contributed by atoms with Crippen LogP contribution >= 0.6 is 31.9 Å². The first-order valence-electron chi connectivity index (χ1n) is 8.37. The van der Waals surface area contributed by atoms with Crippen LogP contribution < -0.4 is 14.8 Å². The van der Waals surface area contributed by atoms with E-state index in [9.17, 15) is 14.9 Å². The number of anilines is 1. The second-order valence-electron chi connectivity index (χ2n) is 6.31. The van der Waals surface area contributed by atoms with Crippen LogP contribution in [0.15, 0.2) is 57.5 Å². The maximum absolute atomic E-state index is 12.9. The molecule has 1 aliphatic heterocycles. The number of non-ortho nitro benzene ring substituents is 1. The molecular weight excluding hydrogens is 508 g/mol. The molecule has 1 amide bonds. The lowest BCUT2D eigenvalue weighted by Crippen LogP contribution is -2.12. The Morgan fingerprint density at radius 3 is 2.55 bits per heavy atom. The summed E-state index contributed by atoms with van der Waals surface area (Å²) in [7, 11) is 0. The van der Waals surface area contributed by atoms with Crippen LogP contribution in [0.1, 0.15) is 15.9 Å². The molecule has 0 bridgehead atoms. The number of rotatable bonds is 3. The highest BCUT2D eigenvalue weighted by molar-refractivity contribution is 9.11. The van der Waals surface area contributed by atoms with E-state index < -0.39 is 10.8 Å². The average Bonchev–Trinajstić information content (AvgIpc) is 2.79. The highest BCUT2D eigenvalue weighted by atomic mass is 79.9. The van der Waals surface area contributed by atoms with Crippen molar-refractivity contribution in [3.63, 3.8) is 0 Å². The molecule has 0 aromatic heterocycles. The molecule has 1 N–H and O–H groups in total. The van der Waals surface area contributed by atoms with Crippen LogP contribution in [0.25, 0.3) is 0 Å². The van der Waals surface area contributed by atoms with Crippen molar-refractivity contribution in [2.45, 2.75) is 6.92 Å². The number of amides is 1. The zero-order valence-corrected chi connectivity index (χ0v) is 18.0. The lowest BCUT2D eigenvalue weighted by molar-refractivity contribution is -0.385. The molecule has 1 aliphatic rings. The van der Waals surface area contributed by atoms with Gasteiger partial charge in [0.25, 0.3) is 11.6 Å². The number of nitrogens with zero attached hydrogens (tertiary/aromatic N) is 1. The Morgan fingerprint density at radius 2 is 1.83 bits per heavy atom. The molecule has 9 heteroatoms. The summed E-state index contributed by atoms with van der Waals surface area (Å²) in [4.78, 5) is 23.8. The molecule has 1 heterocycles. The van der Waals surface area contributed by atoms with Crippen molar-refractivity contribution in [1.82, 2.24) is 0 Å². The number of carbonyl (C=O) groups excluding carboxylic acids is 1. The van der Waals surface area contributed by atoms with E-state index >= 15 is 0 Å². The normalized spacial score (nSPS) is 12.2. The number of nitro benzene ring substituents is 1. The predicted molar refractivity (Wildman–Crippen MR) is 114 cm³/mol. The fraction of sp³-hybridized carbons (Fsp3) is 0.0500. The number of halogens is 2. The van der Waals surface area contributed by atoms with Crippen molar-refractivity contribution >= 4 is 49.1 Å². The summed E-state index contributed by atoms with van der Waals surface area (Å²) >= 11 is 6.74. The highest BCUT2D eigenvalue weighted by Crippen LogP contribution is 2.44. The standard InChI is InChI=1S/C20H12Br2N2O5/c1-10-2-4-14-16(6-10)29-18-9-12(24(26)27)8-17(19(18)20(25)23-14)28-15-5-3-11(21)7-13(15)22/h2-9H,1H3,(H,23,25). The molecule has 7 nitrogen and oxygen atoms in total. The molecule has 0 saturated heterocycles. The van der Waals surface area contributed by atoms with Gasteiger partial charge in [0.15, 0.2) is 17.2 Å². The van der Waals surface area contributed by atoms with Gasteiger partial charge in [0.05, 0.1) is 27.2 Å². The highest BCUT2D eigenvalue weighted by Gasteiger charge is 2.29. The first-order valence-corrected chi connectivity index (χ1v) is 9.95. The third-order valence-corrected chi connectivity index (χ3v) is 5.32. The van der Waals surface area contributed by atoms with E-state index in [4.69, 9.17) is 9.47 Å². The van der Waals surface area contributed by atoms with Crippen LogP contribution in [0, 0.1) is 17.0 Å². The summed E-state index contributed by atoms with van der Waals surface area (Å²) in [6.45, 7) is 1.88. The Morgan fingerprint density at radius 1 is 1.03 bits per heavy atom. The Labute approximate surface area is 182 Å². The molecule has 0 fully saturated rings. The number of benzene rings is 3. The summed E-state index contributed by atoms with van der Waals surface area (Å²) < 4.78 is 13.2. The lowest BCUT2D eigenvalue weighted by Gasteiger charge is -2.13. The summed E-state index contributed by atoms with van der Waals surface area (Å²) in [5.41, 5.74) is 1.20. The molecule has 0 spiro atoms. The van der Waals surface area contributed by atoms with Crippen LogP contribution in [-0.2, 0) is 0 Å². The molecule has 0 unspecified atom stereocenters. The van der Waals surface area contributed by atoms with E-state index in [1.165, 1.54) is 12.1 Å². The summed E-state index contributed by atoms with van der Waals surface area (Å²) in [6.07, 6.45) is 0. The van der Waals surface area contributed by atoms with Gasteiger partial charge >= 0.3 is 0 Å². The molecule has 0 radical (unpaired) electrons. The van der Waals surface area contributed by atoms with Gasteiger partial charge in [0, 0.05) is 4.47 Å². The van der Waals surface area contributed by atoms with Crippen molar-refractivity contribution < 1.29 is 19.2 Å². The molecule has 3 aromatic rings. The first kappa shape index (κ1) is 19.4. The lowest BCUT2D eigenvalue weighted by atomic mass is 10.1. The van der Waals surface area contributed by atoms with Gasteiger partial charge in [-0.05, 0) is 58.7 Å². The largest absolute Gasteiger partial charge is 0.455 e. The van der Waals surface area contributed by atoms with Gasteiger partial charge < -0.3 is 14.8 Å². The second-order valence-corrected chi connectivity index (χ2v) is 8.08. The summed E-state index contributed by atoms with van der Waals surface area (Å²) in [5.74, 6) is 0.360. The minimum atomic E-state index is -0.562. The van der Waals surface area contributed by atoms with E-state index in [0.717, 1.165) is 10.0 Å². The fourth-order valence-electron chi connectivity index (χ4n) is 2.86. The Kier molecular flexibility index (Phi) is 5.01. The third kappa shape index (κ3) is 3.83. The zero-order chi connectivity index (χ0) is 20.7. The third-order valence-electron chi connectivity index (χ3n) is 4.21. The molecule has 4 rings (SSSR count). The number of aryl methyl sites for hydroxylation is 1. The zero-order valence-electron chi connectivity index (χ0n) is 14.9. The van der Waals surface area contributed by atoms with E-state index in [1.54, 1.807) is 30.3 Å². The second kappa shape index (κ2) is 7.49. The van der Waals surface area contributed by atoms with Gasteiger partial charge in [-0.3, -0.25) is 14.9 Å². The number of carbonyl (C=O) groups is 1. The van der Waals surface area contributed by atoms with Crippen LogP contribution in [0.2, 0.25) is 0 Å². The summed E-state index contributed by atoms with van der Waals surface area (Å²) in [5, 5.41) is 14.2. The number of fused-ring (bicyclic) bond motifs is 2. The van der Waals surface area contributed by atoms with Crippen LogP contribution in [-0.4, -0.2) is 10.8 Å². The van der Waals surface area contributed by atoms with E-state index in [2.05, 4.69) is 37.2 Å². The number of nitro groups is 1. The predicted octanol–water partition coefficient (Wildman–Crippen LogP) is 6.58. The monoisotopic (exact) mass is 518 g/mol. The maximum Gasteiger partial charge on any atom is 0.276 e. The van der Waals surface area contributed by atoms with Crippen LogP contribution in [0.4, 0.5) is 11.4 Å². The Balaban J connectivity index is 1.88. The van der Waals surface area contributed by atoms with Gasteiger partial charge in [-0.2, -0.15) is 0 Å². The van der Waals surface area contributed by atoms with Crippen LogP contribution in [0.3, 0.4) is 0 Å². The molecule has 146 valence electrons. The quantitative estimate of drug-likeness (QED) is 0.312. The van der Waals surface area contributed by atoms with Crippen molar-refractivity contribution in [1.29, 1.82) is 0 Å². The van der Waals surface area contributed by atoms with E-state index in [-0.39, 0.29) is 22.7 Å². The fourth-order valence-corrected chi connectivity index (χ4v) is 3.99. The molecular formula is C20H12Br2N2O5. The van der Waals surface area contributed by atoms with Gasteiger partial charge in [-0.1, -0.05) is 22.0 Å². The molecule has 0 saturated carbocycles. The van der Waals surface area contributed by atoms with Crippen molar-refractivity contribution in [3.05, 3.63) is 78.7 Å². The molecule has 29 heavy (non-hydrogen) atoms. The SMILES string of the molecule is Cc1ccc2c(c1)Oc1cc([N+](=O)[O-])cc(Oc3ccc(Br)cc3Br)c1C(=O)N2. The van der Waals surface area contributed by atoms with Crippen molar-refractivity contribution in [2.75, 3.05) is 5.32 Å². The topological polar surface area (TPSA) is 90.7 Å². The van der Waals surface area contributed by atoms with Gasteiger partial charge in [-0.25, -0.2) is 0 Å². The number of hydrogen-bond acceptors (Lipinski definition) is 5. The molecule has 0 atom stereocenters. The minimum Gasteiger partial charge on any atom is -0.455 e. The molecule has 3 aromatic carbocycles. The average molecular weight is 520 g/mol. The van der Waals surface area contributed by atoms with Crippen molar-refractivity contribution in [2.24, 2.45) is 0 Å². The van der Waals surface area contributed by atoms with Gasteiger partial charge in [0.1, 0.15) is 11.3 Å². The van der Waals surface area contributed by atoms with Gasteiger partial charge in [0.2, 0.25) is 0 Å². The summed E-state index contributed by atoms with van der Waals surface area (Å²) in [6, 6.07) is 12.9. The smallest absolute Gasteiger partial charge is 0.276 e. The number of nitrogens with one attached hydrogen (secondary N) is 1. The van der Waals surface area contributed by atoms with E-state index in [1.807, 2.05) is 13.0 Å². The first-order chi connectivity index (χ1) is 13.8. The van der Waals surface area contributed by atoms with Crippen molar-refractivity contribution in [3.8, 4) is 23.0 Å². The van der Waals surface area contributed by atoms with Gasteiger partial charge in [-0.15, -0.1) is 0 Å². The molecule has 0 aliphatic carbocycles. The van der Waals surface area contributed by atoms with E-state index in [0.29, 0.717) is 21.7 Å². The maximum atomic E-state index is 12.9. The minimum absolute atomic E-state index is 0.0132. The number of hydrogen-bond donors (Lipinski definition) is 1. The Hall–Kier alpha value is -2.91. The Bertz CT molecular complexity index is 1180. The number of ether oxygens (including phenoxy) is 2.